The van der Waals surface area contributed by atoms with Crippen molar-refractivity contribution < 1.29 is 9.59 Å². The van der Waals surface area contributed by atoms with Gasteiger partial charge in [0.25, 0.3) is 5.91 Å². The van der Waals surface area contributed by atoms with E-state index in [9.17, 15) is 9.59 Å². The van der Waals surface area contributed by atoms with Crippen LogP contribution in [0.1, 0.15) is 36.4 Å². The van der Waals surface area contributed by atoms with Crippen LogP contribution < -0.4 is 5.32 Å². The quantitative estimate of drug-likeness (QED) is 0.439. The number of amides is 3. The highest BCUT2D eigenvalue weighted by atomic mass is 32.1. The molecule has 33 heavy (non-hydrogen) atoms. The molecule has 7 heteroatoms. The Morgan fingerprint density at radius 2 is 1.85 bits per heavy atom. The van der Waals surface area contributed by atoms with Gasteiger partial charge in [0, 0.05) is 6.54 Å². The zero-order chi connectivity index (χ0) is 22.6. The predicted molar refractivity (Wildman–Crippen MR) is 130 cm³/mol. The summed E-state index contributed by atoms with van der Waals surface area (Å²) in [7, 11) is 0. The third kappa shape index (κ3) is 3.31. The molecule has 0 aliphatic carbocycles. The van der Waals surface area contributed by atoms with Gasteiger partial charge in [-0.2, -0.15) is 0 Å². The normalized spacial score (nSPS) is 23.7. The first-order chi connectivity index (χ1) is 16.0. The number of nitrogens with zero attached hydrogens (tertiary/aromatic N) is 3. The third-order valence-electron chi connectivity index (χ3n) is 6.88. The summed E-state index contributed by atoms with van der Waals surface area (Å²) >= 11 is 1.70. The second-order valence-electron chi connectivity index (χ2n) is 8.98. The molecule has 1 N–H and O–H groups in total. The molecule has 2 atom stereocenters. The number of likely N-dealkylation sites (tertiary alicyclic amines) is 1. The Morgan fingerprint density at radius 3 is 2.70 bits per heavy atom. The lowest BCUT2D eigenvalue weighted by Gasteiger charge is -2.27. The van der Waals surface area contributed by atoms with Gasteiger partial charge in [-0.1, -0.05) is 48.5 Å². The van der Waals surface area contributed by atoms with Crippen molar-refractivity contribution >= 4 is 44.3 Å². The van der Waals surface area contributed by atoms with Crippen molar-refractivity contribution in [2.45, 2.75) is 31.3 Å². The summed E-state index contributed by atoms with van der Waals surface area (Å²) in [6, 6.07) is 21.9. The van der Waals surface area contributed by atoms with Gasteiger partial charge < -0.3 is 5.32 Å². The molecule has 2 fully saturated rings. The summed E-state index contributed by atoms with van der Waals surface area (Å²) in [5.41, 5.74) is 0.723. The minimum Gasteiger partial charge on any atom is -0.319 e. The van der Waals surface area contributed by atoms with Crippen molar-refractivity contribution in [3.63, 3.8) is 0 Å². The van der Waals surface area contributed by atoms with Gasteiger partial charge in [-0.25, -0.2) is 14.7 Å². The molecule has 1 aromatic heterocycles. The fourth-order valence-corrected chi connectivity index (χ4v) is 6.15. The van der Waals surface area contributed by atoms with E-state index in [1.165, 1.54) is 9.60 Å². The number of imide groups is 1. The highest BCUT2D eigenvalue weighted by Gasteiger charge is 2.50. The van der Waals surface area contributed by atoms with Crippen molar-refractivity contribution in [1.29, 1.82) is 0 Å². The largest absolute Gasteiger partial charge is 0.326 e. The van der Waals surface area contributed by atoms with Crippen molar-refractivity contribution in [1.82, 2.24) is 20.1 Å². The van der Waals surface area contributed by atoms with Crippen molar-refractivity contribution in [3.05, 3.63) is 77.3 Å². The van der Waals surface area contributed by atoms with E-state index < -0.39 is 5.54 Å². The van der Waals surface area contributed by atoms with Crippen LogP contribution in [0.3, 0.4) is 0 Å². The highest BCUT2D eigenvalue weighted by molar-refractivity contribution is 7.18. The Balaban J connectivity index is 1.27. The molecule has 0 saturated carbocycles. The van der Waals surface area contributed by atoms with Gasteiger partial charge in [0.2, 0.25) is 0 Å². The molecule has 3 aromatic carbocycles. The van der Waals surface area contributed by atoms with Crippen molar-refractivity contribution in [3.8, 4) is 0 Å². The van der Waals surface area contributed by atoms with E-state index in [1.807, 2.05) is 60.7 Å². The molecule has 2 aliphatic heterocycles. The van der Waals surface area contributed by atoms with E-state index in [-0.39, 0.29) is 24.6 Å². The van der Waals surface area contributed by atoms with E-state index in [0.717, 1.165) is 46.2 Å². The lowest BCUT2D eigenvalue weighted by atomic mass is 9.90. The summed E-state index contributed by atoms with van der Waals surface area (Å²) in [5.74, 6) is -0.210. The molecule has 2 unspecified atom stereocenters. The van der Waals surface area contributed by atoms with Gasteiger partial charge in [0.15, 0.2) is 0 Å². The van der Waals surface area contributed by atoms with Crippen LogP contribution in [0.2, 0.25) is 0 Å². The van der Waals surface area contributed by atoms with E-state index in [2.05, 4.69) is 16.3 Å². The summed E-state index contributed by atoms with van der Waals surface area (Å²) < 4.78 is 1.17. The van der Waals surface area contributed by atoms with Crippen LogP contribution in [0.15, 0.2) is 66.7 Å². The van der Waals surface area contributed by atoms with Crippen LogP contribution in [0.4, 0.5) is 4.79 Å². The molecule has 4 aromatic rings. The molecule has 3 heterocycles. The van der Waals surface area contributed by atoms with Crippen LogP contribution in [-0.2, 0) is 10.3 Å². The Hall–Kier alpha value is -3.29. The number of urea groups is 1. The van der Waals surface area contributed by atoms with Crippen molar-refractivity contribution in [2.75, 3.05) is 13.2 Å². The number of nitrogens with one attached hydrogen (secondary N) is 1. The minimum absolute atomic E-state index is 0.121. The smallest absolute Gasteiger partial charge is 0.319 e. The third-order valence-corrected chi connectivity index (χ3v) is 8.02. The lowest BCUT2D eigenvalue weighted by Crippen LogP contribution is -2.43. The van der Waals surface area contributed by atoms with Gasteiger partial charge in [-0.05, 0) is 54.3 Å². The van der Waals surface area contributed by atoms with Gasteiger partial charge in [-0.15, -0.1) is 11.3 Å². The van der Waals surface area contributed by atoms with Crippen LogP contribution in [0, 0.1) is 0 Å². The maximum absolute atomic E-state index is 13.5. The Morgan fingerprint density at radius 1 is 1.06 bits per heavy atom. The fraction of sp³-hybridized carbons (Fsp3) is 0.269. The number of hydrogen-bond donors (Lipinski definition) is 1. The number of fused-ring (bicyclic) bond motifs is 2. The van der Waals surface area contributed by atoms with Crippen LogP contribution >= 0.6 is 11.3 Å². The lowest BCUT2D eigenvalue weighted by molar-refractivity contribution is -0.132. The molecule has 3 amide bonds. The van der Waals surface area contributed by atoms with Gasteiger partial charge in [0.1, 0.15) is 10.5 Å². The highest BCUT2D eigenvalue weighted by Crippen LogP contribution is 2.38. The monoisotopic (exact) mass is 456 g/mol. The summed E-state index contributed by atoms with van der Waals surface area (Å²) in [4.78, 5) is 34.9. The van der Waals surface area contributed by atoms with Crippen molar-refractivity contribution in [2.24, 2.45) is 0 Å². The average Bonchev–Trinajstić information content (AvgIpc) is 3.52. The molecule has 2 saturated heterocycles. The molecular formula is C26H24N4O2S. The first-order valence-electron chi connectivity index (χ1n) is 11.3. The van der Waals surface area contributed by atoms with E-state index >= 15 is 0 Å². The van der Waals surface area contributed by atoms with E-state index in [1.54, 1.807) is 18.3 Å². The number of aromatic nitrogens is 1. The standard InChI is InChI=1S/C26H24N4O2S/c1-26(19-13-12-17-7-2-3-8-18(17)15-19)24(31)30(25(32)28-26)16-29-14-6-10-21(29)23-27-20-9-4-5-11-22(20)33-23/h2-5,7-9,11-13,15,21H,6,10,14,16H2,1H3,(H,28,32). The first kappa shape index (κ1) is 20.3. The number of benzene rings is 3. The number of thiazole rings is 1. The number of rotatable bonds is 4. The maximum Gasteiger partial charge on any atom is 0.326 e. The Bertz CT molecular complexity index is 1370. The number of para-hydroxylation sites is 1. The average molecular weight is 457 g/mol. The van der Waals surface area contributed by atoms with Crippen LogP contribution in [-0.4, -0.2) is 39.9 Å². The Kier molecular flexibility index (Phi) is 4.71. The molecule has 0 spiro atoms. The predicted octanol–water partition coefficient (Wildman–Crippen LogP) is 5.01. The molecular weight excluding hydrogens is 432 g/mol. The second kappa shape index (κ2) is 7.64. The molecule has 2 aliphatic rings. The number of carbonyl (C=O) groups is 2. The van der Waals surface area contributed by atoms with Gasteiger partial charge in [-0.3, -0.25) is 9.69 Å². The van der Waals surface area contributed by atoms with E-state index in [4.69, 9.17) is 4.98 Å². The molecule has 166 valence electrons. The summed E-state index contributed by atoms with van der Waals surface area (Å²) in [6.07, 6.45) is 2.00. The fourth-order valence-electron chi connectivity index (χ4n) is 5.01. The molecule has 0 radical (unpaired) electrons. The maximum atomic E-state index is 13.5. The molecule has 6 rings (SSSR count). The van der Waals surface area contributed by atoms with Crippen LogP contribution in [0.25, 0.3) is 21.0 Å². The topological polar surface area (TPSA) is 65.5 Å². The Labute approximate surface area is 195 Å². The zero-order valence-electron chi connectivity index (χ0n) is 18.3. The first-order valence-corrected chi connectivity index (χ1v) is 12.1. The molecule has 6 nitrogen and oxygen atoms in total. The second-order valence-corrected chi connectivity index (χ2v) is 10.0. The SMILES string of the molecule is CC1(c2ccc3ccccc3c2)NC(=O)N(CN2CCCC2c2nc3ccccc3s2)C1=O. The number of carbonyl (C=O) groups excluding carboxylic acids is 2. The van der Waals surface area contributed by atoms with Crippen LogP contribution in [0.5, 0.6) is 0 Å². The number of hydrogen-bond acceptors (Lipinski definition) is 5. The minimum atomic E-state index is -1.08. The van der Waals surface area contributed by atoms with E-state index in [0.29, 0.717) is 0 Å². The zero-order valence-corrected chi connectivity index (χ0v) is 19.1. The summed E-state index contributed by atoms with van der Waals surface area (Å²) in [5, 5.41) is 6.17. The summed E-state index contributed by atoms with van der Waals surface area (Å²) in [6.45, 7) is 2.91. The molecule has 0 bridgehead atoms. The van der Waals surface area contributed by atoms with Gasteiger partial charge in [0.05, 0.1) is 22.9 Å². The van der Waals surface area contributed by atoms with Gasteiger partial charge >= 0.3 is 6.03 Å².